The van der Waals surface area contributed by atoms with Crippen LogP contribution in [0.5, 0.6) is 0 Å². The lowest BCUT2D eigenvalue weighted by Gasteiger charge is -2.01. The zero-order valence-electron chi connectivity index (χ0n) is 12.0. The van der Waals surface area contributed by atoms with E-state index in [1.807, 2.05) is 36.4 Å². The molecule has 6 nitrogen and oxygen atoms in total. The van der Waals surface area contributed by atoms with Crippen LogP contribution in [-0.4, -0.2) is 21.2 Å². The first-order valence-electron chi connectivity index (χ1n) is 6.45. The van der Waals surface area contributed by atoms with Crippen molar-refractivity contribution in [1.29, 1.82) is 5.26 Å². The van der Waals surface area contributed by atoms with Gasteiger partial charge in [0.1, 0.15) is 11.6 Å². The molecule has 0 aliphatic carbocycles. The van der Waals surface area contributed by atoms with Gasteiger partial charge in [-0.25, -0.2) is 9.66 Å². The molecule has 112 valence electrons. The highest BCUT2D eigenvalue weighted by atomic mass is 32.2. The van der Waals surface area contributed by atoms with Gasteiger partial charge in [0.15, 0.2) is 10.9 Å². The second-order valence-electron chi connectivity index (χ2n) is 4.56. The van der Waals surface area contributed by atoms with E-state index in [0.717, 1.165) is 11.3 Å². The molecule has 0 radical (unpaired) electrons. The van der Waals surface area contributed by atoms with Crippen molar-refractivity contribution in [2.45, 2.75) is 12.1 Å². The summed E-state index contributed by atoms with van der Waals surface area (Å²) >= 11 is 1.17. The van der Waals surface area contributed by atoms with E-state index >= 15 is 0 Å². The highest BCUT2D eigenvalue weighted by molar-refractivity contribution is 7.99. The average Bonchev–Trinajstić information content (AvgIpc) is 2.87. The number of carbonyl (C=O) groups excluding carboxylic acids is 1. The van der Waals surface area contributed by atoms with Gasteiger partial charge < -0.3 is 11.6 Å². The summed E-state index contributed by atoms with van der Waals surface area (Å²) in [5, 5.41) is 9.41. The van der Waals surface area contributed by atoms with Gasteiger partial charge in [-0.3, -0.25) is 4.79 Å². The lowest BCUT2D eigenvalue weighted by Crippen LogP contribution is -2.12. The molecule has 0 atom stereocenters. The SMILES string of the molecule is CC(N)=C(C#N)C(=O)CSc1nc(-c2ccccc2)cn1N. The second-order valence-corrected chi connectivity index (χ2v) is 5.51. The molecule has 0 aliphatic rings. The number of nitrogens with zero attached hydrogens (tertiary/aromatic N) is 3. The Morgan fingerprint density at radius 3 is 2.68 bits per heavy atom. The van der Waals surface area contributed by atoms with E-state index < -0.39 is 0 Å². The highest BCUT2D eigenvalue weighted by Crippen LogP contribution is 2.23. The molecule has 0 fully saturated rings. The summed E-state index contributed by atoms with van der Waals surface area (Å²) in [5.74, 6) is 5.57. The number of nitriles is 1. The van der Waals surface area contributed by atoms with Crippen molar-refractivity contribution in [3.05, 3.63) is 47.8 Å². The van der Waals surface area contributed by atoms with Crippen LogP contribution in [0.1, 0.15) is 6.92 Å². The van der Waals surface area contributed by atoms with Crippen LogP contribution in [0.2, 0.25) is 0 Å². The van der Waals surface area contributed by atoms with Crippen LogP contribution in [0.15, 0.2) is 53.0 Å². The van der Waals surface area contributed by atoms with Gasteiger partial charge >= 0.3 is 0 Å². The van der Waals surface area contributed by atoms with Gasteiger partial charge in [-0.05, 0) is 6.92 Å². The summed E-state index contributed by atoms with van der Waals surface area (Å²) in [6.45, 7) is 1.53. The number of aromatic nitrogens is 2. The van der Waals surface area contributed by atoms with Crippen LogP contribution in [0.3, 0.4) is 0 Å². The fourth-order valence-corrected chi connectivity index (χ4v) is 2.57. The van der Waals surface area contributed by atoms with E-state index in [-0.39, 0.29) is 22.8 Å². The summed E-state index contributed by atoms with van der Waals surface area (Å²) in [6.07, 6.45) is 1.69. The van der Waals surface area contributed by atoms with Crippen LogP contribution < -0.4 is 11.6 Å². The lowest BCUT2D eigenvalue weighted by atomic mass is 10.2. The maximum absolute atomic E-state index is 11.9. The van der Waals surface area contributed by atoms with Gasteiger partial charge in [0.25, 0.3) is 0 Å². The van der Waals surface area contributed by atoms with E-state index in [0.29, 0.717) is 5.16 Å². The number of benzene rings is 1. The maximum atomic E-state index is 11.9. The van der Waals surface area contributed by atoms with Gasteiger partial charge in [-0.15, -0.1) is 0 Å². The Hall–Kier alpha value is -2.72. The molecule has 2 rings (SSSR count). The maximum Gasteiger partial charge on any atom is 0.187 e. The van der Waals surface area contributed by atoms with Crippen LogP contribution >= 0.6 is 11.8 Å². The van der Waals surface area contributed by atoms with Crippen LogP contribution in [0.25, 0.3) is 11.3 Å². The molecule has 0 amide bonds. The first-order chi connectivity index (χ1) is 10.5. The third-order valence-corrected chi connectivity index (χ3v) is 3.85. The first kappa shape index (κ1) is 15.7. The molecule has 0 bridgehead atoms. The number of allylic oxidation sites excluding steroid dienone is 2. The number of thioether (sulfide) groups is 1. The van der Waals surface area contributed by atoms with Crippen LogP contribution in [0.4, 0.5) is 0 Å². The van der Waals surface area contributed by atoms with Crippen molar-refractivity contribution in [2.24, 2.45) is 5.73 Å². The number of ketones is 1. The highest BCUT2D eigenvalue weighted by Gasteiger charge is 2.15. The summed E-state index contributed by atoms with van der Waals surface area (Å²) < 4.78 is 1.37. The summed E-state index contributed by atoms with van der Waals surface area (Å²) in [6, 6.07) is 11.4. The van der Waals surface area contributed by atoms with Gasteiger partial charge in [0.2, 0.25) is 0 Å². The van der Waals surface area contributed by atoms with E-state index in [1.54, 1.807) is 6.20 Å². The Morgan fingerprint density at radius 2 is 2.09 bits per heavy atom. The monoisotopic (exact) mass is 313 g/mol. The molecule has 4 N–H and O–H groups in total. The Kier molecular flexibility index (Phi) is 4.86. The van der Waals surface area contributed by atoms with E-state index in [1.165, 1.54) is 23.4 Å². The van der Waals surface area contributed by atoms with Crippen molar-refractivity contribution in [3.63, 3.8) is 0 Å². The fraction of sp³-hybridized carbons (Fsp3) is 0.133. The van der Waals surface area contributed by atoms with Gasteiger partial charge in [-0.2, -0.15) is 5.26 Å². The minimum Gasteiger partial charge on any atom is -0.401 e. The van der Waals surface area contributed by atoms with Crippen molar-refractivity contribution in [3.8, 4) is 17.3 Å². The smallest absolute Gasteiger partial charge is 0.187 e. The number of rotatable bonds is 5. The predicted octanol–water partition coefficient (Wildman–Crippen LogP) is 1.68. The largest absolute Gasteiger partial charge is 0.401 e. The van der Waals surface area contributed by atoms with Gasteiger partial charge in [-0.1, -0.05) is 42.1 Å². The molecule has 7 heteroatoms. The molecule has 1 heterocycles. The fourth-order valence-electron chi connectivity index (χ4n) is 1.80. The molecule has 0 unspecified atom stereocenters. The molecular weight excluding hydrogens is 298 g/mol. The van der Waals surface area contributed by atoms with Gasteiger partial charge in [0, 0.05) is 11.3 Å². The summed E-state index contributed by atoms with van der Waals surface area (Å²) in [4.78, 5) is 16.3. The molecule has 0 spiro atoms. The predicted molar refractivity (Wildman–Crippen MR) is 86.0 cm³/mol. The van der Waals surface area contributed by atoms with Crippen molar-refractivity contribution in [2.75, 3.05) is 11.6 Å². The number of carbonyl (C=O) groups is 1. The Morgan fingerprint density at radius 1 is 1.41 bits per heavy atom. The van der Waals surface area contributed by atoms with E-state index in [4.69, 9.17) is 16.8 Å². The average molecular weight is 313 g/mol. The Bertz CT molecular complexity index is 754. The molecule has 22 heavy (non-hydrogen) atoms. The minimum atomic E-state index is -0.336. The van der Waals surface area contributed by atoms with Crippen LogP contribution in [0, 0.1) is 11.3 Å². The second kappa shape index (κ2) is 6.83. The lowest BCUT2D eigenvalue weighted by molar-refractivity contribution is -0.112. The molecular formula is C15H15N5OS. The minimum absolute atomic E-state index is 0.0223. The first-order valence-corrected chi connectivity index (χ1v) is 7.43. The van der Waals surface area contributed by atoms with E-state index in [9.17, 15) is 4.79 Å². The molecule has 0 saturated carbocycles. The number of nitrogen functional groups attached to an aromatic ring is 1. The number of nitrogens with two attached hydrogens (primary N) is 2. The third kappa shape index (κ3) is 3.48. The molecule has 0 saturated heterocycles. The summed E-state index contributed by atoms with van der Waals surface area (Å²) in [5.41, 5.74) is 7.37. The van der Waals surface area contributed by atoms with Crippen LogP contribution in [-0.2, 0) is 4.79 Å². The molecule has 1 aromatic carbocycles. The zero-order chi connectivity index (χ0) is 16.1. The molecule has 0 aliphatic heterocycles. The number of Topliss-reactive ketones (excluding diaryl/α,β-unsaturated/α-hetero) is 1. The summed E-state index contributed by atoms with van der Waals surface area (Å²) in [7, 11) is 0. The third-order valence-electron chi connectivity index (χ3n) is 2.89. The van der Waals surface area contributed by atoms with Gasteiger partial charge in [0.05, 0.1) is 17.6 Å². The quantitative estimate of drug-likeness (QED) is 0.376. The number of hydrogen-bond donors (Lipinski definition) is 2. The topological polar surface area (TPSA) is 111 Å². The molecule has 1 aromatic heterocycles. The standard InChI is InChI=1S/C15H15N5OS/c1-10(17)12(7-16)14(21)9-22-15-19-13(8-20(15)18)11-5-3-2-4-6-11/h2-6,8H,9,17-18H2,1H3. The number of imidazole rings is 1. The zero-order valence-corrected chi connectivity index (χ0v) is 12.8. The Balaban J connectivity index is 2.12. The normalized spacial score (nSPS) is 11.6. The molecule has 2 aromatic rings. The Labute approximate surface area is 132 Å². The van der Waals surface area contributed by atoms with Crippen molar-refractivity contribution in [1.82, 2.24) is 9.66 Å². The van der Waals surface area contributed by atoms with Crippen molar-refractivity contribution >= 4 is 17.5 Å². The number of hydrogen-bond acceptors (Lipinski definition) is 6. The van der Waals surface area contributed by atoms with Crippen molar-refractivity contribution < 1.29 is 4.79 Å². The van der Waals surface area contributed by atoms with E-state index in [2.05, 4.69) is 4.98 Å².